The lowest BCUT2D eigenvalue weighted by Gasteiger charge is -2.24. The average Bonchev–Trinajstić information content (AvgIpc) is 2.30. The van der Waals surface area contributed by atoms with Gasteiger partial charge in [0.05, 0.1) is 6.61 Å². The summed E-state index contributed by atoms with van der Waals surface area (Å²) in [5.41, 5.74) is 0.877. The molecule has 2 rings (SSSR count). The van der Waals surface area contributed by atoms with Crippen molar-refractivity contribution in [1.29, 1.82) is 0 Å². The van der Waals surface area contributed by atoms with Crippen LogP contribution in [-0.2, 0) is 11.3 Å². The zero-order chi connectivity index (χ0) is 13.0. The zero-order valence-corrected chi connectivity index (χ0v) is 11.7. The van der Waals surface area contributed by atoms with E-state index in [-0.39, 0.29) is 0 Å². The Morgan fingerprint density at radius 1 is 1.33 bits per heavy atom. The van der Waals surface area contributed by atoms with E-state index in [0.29, 0.717) is 29.4 Å². The summed E-state index contributed by atoms with van der Waals surface area (Å²) in [5, 5.41) is 0.482. The second-order valence-corrected chi connectivity index (χ2v) is 5.33. The molecule has 1 heterocycles. The van der Waals surface area contributed by atoms with Gasteiger partial charge in [0, 0.05) is 5.69 Å². The molecule has 3 nitrogen and oxygen atoms in total. The van der Waals surface area contributed by atoms with Gasteiger partial charge in [-0.3, -0.25) is 0 Å². The highest BCUT2D eigenvalue weighted by atomic mass is 35.5. The largest absolute Gasteiger partial charge is 0.373 e. The summed E-state index contributed by atoms with van der Waals surface area (Å²) in [6, 6.07) is 1.75. The standard InChI is InChI=1S/C14H19ClN2O/c1-10-5-3-4-6-12(10)8-18-9-14-16-11(2)7-13(15)17-14/h3-4,7,10,12H,5-6,8-9H2,1-2H3. The van der Waals surface area contributed by atoms with Crippen LogP contribution in [0.4, 0.5) is 0 Å². The molecule has 0 aliphatic heterocycles. The van der Waals surface area contributed by atoms with Gasteiger partial charge in [-0.25, -0.2) is 9.97 Å². The maximum Gasteiger partial charge on any atom is 0.155 e. The Bertz CT molecular complexity index is 414. The van der Waals surface area contributed by atoms with E-state index in [1.807, 2.05) is 6.92 Å². The highest BCUT2D eigenvalue weighted by Gasteiger charge is 2.18. The summed E-state index contributed by atoms with van der Waals surface area (Å²) in [6.45, 7) is 5.39. The Morgan fingerprint density at radius 2 is 2.11 bits per heavy atom. The molecule has 0 bridgehead atoms. The molecule has 1 aliphatic rings. The zero-order valence-electron chi connectivity index (χ0n) is 10.9. The fourth-order valence-corrected chi connectivity index (χ4v) is 2.45. The van der Waals surface area contributed by atoms with Crippen molar-refractivity contribution in [2.45, 2.75) is 33.3 Å². The highest BCUT2D eigenvalue weighted by molar-refractivity contribution is 6.29. The first-order valence-corrected chi connectivity index (χ1v) is 6.75. The topological polar surface area (TPSA) is 35.0 Å². The Labute approximate surface area is 113 Å². The van der Waals surface area contributed by atoms with Crippen LogP contribution in [0.15, 0.2) is 18.2 Å². The Hall–Kier alpha value is -0.930. The van der Waals surface area contributed by atoms with Crippen molar-refractivity contribution >= 4 is 11.6 Å². The van der Waals surface area contributed by atoms with E-state index in [1.165, 1.54) is 0 Å². The van der Waals surface area contributed by atoms with Crippen molar-refractivity contribution in [3.05, 3.63) is 34.9 Å². The second kappa shape index (κ2) is 6.30. The van der Waals surface area contributed by atoms with Gasteiger partial charge in [-0.15, -0.1) is 0 Å². The van der Waals surface area contributed by atoms with Crippen molar-refractivity contribution in [3.63, 3.8) is 0 Å². The van der Waals surface area contributed by atoms with Gasteiger partial charge in [0.1, 0.15) is 11.8 Å². The van der Waals surface area contributed by atoms with Gasteiger partial charge in [0.15, 0.2) is 5.82 Å². The minimum absolute atomic E-state index is 0.439. The van der Waals surface area contributed by atoms with Crippen molar-refractivity contribution in [3.8, 4) is 0 Å². The molecule has 1 aliphatic carbocycles. The summed E-state index contributed by atoms with van der Waals surface area (Å²) in [5.74, 6) is 1.96. The number of hydrogen-bond acceptors (Lipinski definition) is 3. The van der Waals surface area contributed by atoms with E-state index >= 15 is 0 Å². The smallest absolute Gasteiger partial charge is 0.155 e. The van der Waals surface area contributed by atoms with Gasteiger partial charge in [-0.2, -0.15) is 0 Å². The monoisotopic (exact) mass is 266 g/mol. The van der Waals surface area contributed by atoms with Gasteiger partial charge in [0.2, 0.25) is 0 Å². The van der Waals surface area contributed by atoms with Crippen LogP contribution in [0.2, 0.25) is 5.15 Å². The molecule has 0 radical (unpaired) electrons. The van der Waals surface area contributed by atoms with E-state index < -0.39 is 0 Å². The van der Waals surface area contributed by atoms with Crippen molar-refractivity contribution in [2.24, 2.45) is 11.8 Å². The third-order valence-electron chi connectivity index (χ3n) is 3.35. The minimum Gasteiger partial charge on any atom is -0.373 e. The summed E-state index contributed by atoms with van der Waals surface area (Å²) < 4.78 is 5.72. The molecule has 2 atom stereocenters. The van der Waals surface area contributed by atoms with Crippen LogP contribution < -0.4 is 0 Å². The fourth-order valence-electron chi connectivity index (χ4n) is 2.19. The van der Waals surface area contributed by atoms with Gasteiger partial charge >= 0.3 is 0 Å². The fraction of sp³-hybridized carbons (Fsp3) is 0.571. The molecule has 2 unspecified atom stereocenters. The van der Waals surface area contributed by atoms with Crippen LogP contribution in [0.1, 0.15) is 31.3 Å². The number of aryl methyl sites for hydroxylation is 1. The van der Waals surface area contributed by atoms with E-state index in [2.05, 4.69) is 29.0 Å². The van der Waals surface area contributed by atoms with Crippen LogP contribution >= 0.6 is 11.6 Å². The van der Waals surface area contributed by atoms with Gasteiger partial charge in [-0.1, -0.05) is 30.7 Å². The predicted molar refractivity (Wildman–Crippen MR) is 72.5 cm³/mol. The van der Waals surface area contributed by atoms with Crippen LogP contribution in [0.5, 0.6) is 0 Å². The van der Waals surface area contributed by atoms with E-state index in [1.54, 1.807) is 6.07 Å². The van der Waals surface area contributed by atoms with Crippen molar-refractivity contribution < 1.29 is 4.74 Å². The minimum atomic E-state index is 0.439. The maximum atomic E-state index is 5.89. The molecule has 0 spiro atoms. The molecule has 0 saturated heterocycles. The Kier molecular flexibility index (Phi) is 4.72. The second-order valence-electron chi connectivity index (χ2n) is 4.94. The molecule has 0 aromatic carbocycles. The van der Waals surface area contributed by atoms with Gasteiger partial charge in [-0.05, 0) is 37.7 Å². The number of ether oxygens (including phenoxy) is 1. The lowest BCUT2D eigenvalue weighted by atomic mass is 9.85. The quantitative estimate of drug-likeness (QED) is 0.617. The summed E-state index contributed by atoms with van der Waals surface area (Å²) in [4.78, 5) is 8.45. The molecule has 18 heavy (non-hydrogen) atoms. The average molecular weight is 267 g/mol. The molecule has 4 heteroatoms. The molecule has 0 amide bonds. The maximum absolute atomic E-state index is 5.89. The molecule has 1 aromatic rings. The number of aromatic nitrogens is 2. The van der Waals surface area contributed by atoms with E-state index in [0.717, 1.165) is 25.1 Å². The highest BCUT2D eigenvalue weighted by Crippen LogP contribution is 2.25. The number of allylic oxidation sites excluding steroid dienone is 2. The first-order chi connectivity index (χ1) is 8.65. The number of halogens is 1. The lowest BCUT2D eigenvalue weighted by Crippen LogP contribution is -2.19. The number of hydrogen-bond donors (Lipinski definition) is 0. The van der Waals surface area contributed by atoms with Crippen LogP contribution in [0, 0.1) is 18.8 Å². The number of rotatable bonds is 4. The van der Waals surface area contributed by atoms with E-state index in [4.69, 9.17) is 16.3 Å². The molecule has 98 valence electrons. The molecule has 0 fully saturated rings. The Morgan fingerprint density at radius 3 is 2.83 bits per heavy atom. The van der Waals surface area contributed by atoms with Crippen LogP contribution in [-0.4, -0.2) is 16.6 Å². The SMILES string of the molecule is Cc1cc(Cl)nc(COCC2CC=CCC2C)n1. The van der Waals surface area contributed by atoms with Gasteiger partial charge in [0.25, 0.3) is 0 Å². The molecular weight excluding hydrogens is 248 g/mol. The summed E-state index contributed by atoms with van der Waals surface area (Å²) in [7, 11) is 0. The Balaban J connectivity index is 1.83. The molecular formula is C14H19ClN2O. The van der Waals surface area contributed by atoms with Crippen LogP contribution in [0.25, 0.3) is 0 Å². The molecule has 0 N–H and O–H groups in total. The first-order valence-electron chi connectivity index (χ1n) is 6.38. The van der Waals surface area contributed by atoms with Crippen molar-refractivity contribution in [1.82, 2.24) is 9.97 Å². The van der Waals surface area contributed by atoms with E-state index in [9.17, 15) is 0 Å². The predicted octanol–water partition coefficient (Wildman–Crippen LogP) is 3.56. The summed E-state index contributed by atoms with van der Waals surface area (Å²) >= 11 is 5.89. The summed E-state index contributed by atoms with van der Waals surface area (Å²) in [6.07, 6.45) is 6.76. The van der Waals surface area contributed by atoms with Crippen molar-refractivity contribution in [2.75, 3.05) is 6.61 Å². The van der Waals surface area contributed by atoms with Crippen LogP contribution in [0.3, 0.4) is 0 Å². The molecule has 0 saturated carbocycles. The number of nitrogens with zero attached hydrogens (tertiary/aromatic N) is 2. The lowest BCUT2D eigenvalue weighted by molar-refractivity contribution is 0.0641. The third kappa shape index (κ3) is 3.79. The first kappa shape index (κ1) is 13.5. The normalized spacial score (nSPS) is 23.3. The molecule has 1 aromatic heterocycles. The van der Waals surface area contributed by atoms with Gasteiger partial charge < -0.3 is 4.74 Å². The third-order valence-corrected chi connectivity index (χ3v) is 3.54.